The van der Waals surface area contributed by atoms with Crippen LogP contribution in [0.4, 0.5) is 10.1 Å². The number of nitrogens with zero attached hydrogens (tertiary/aromatic N) is 1. The lowest BCUT2D eigenvalue weighted by Gasteiger charge is -2.23. The Labute approximate surface area is 161 Å². The molecule has 1 N–H and O–H groups in total. The third kappa shape index (κ3) is 3.79. The zero-order valence-electron chi connectivity index (χ0n) is 14.9. The Bertz CT molecular complexity index is 1030. The van der Waals surface area contributed by atoms with Gasteiger partial charge in [-0.3, -0.25) is 14.4 Å². The van der Waals surface area contributed by atoms with Gasteiger partial charge in [0, 0.05) is 17.7 Å². The van der Waals surface area contributed by atoms with Crippen LogP contribution in [0.1, 0.15) is 30.1 Å². The minimum absolute atomic E-state index is 0.0383. The lowest BCUT2D eigenvalue weighted by molar-refractivity contribution is -0.128. The molecule has 1 fully saturated rings. The topological polar surface area (TPSA) is 101 Å². The first-order valence-electron chi connectivity index (χ1n) is 8.45. The molecule has 3 rings (SSSR count). The molecule has 0 aromatic heterocycles. The third-order valence-corrected chi connectivity index (χ3v) is 6.24. The van der Waals surface area contributed by atoms with Crippen LogP contribution in [-0.4, -0.2) is 36.4 Å². The van der Waals surface area contributed by atoms with Crippen LogP contribution in [0.15, 0.2) is 53.4 Å². The summed E-state index contributed by atoms with van der Waals surface area (Å²) >= 11 is 0. The molecule has 1 aliphatic heterocycles. The first kappa shape index (κ1) is 19.7. The summed E-state index contributed by atoms with van der Waals surface area (Å²) < 4.78 is 39.3. The third-order valence-electron chi connectivity index (χ3n) is 4.39. The molecule has 0 spiro atoms. The van der Waals surface area contributed by atoms with Gasteiger partial charge in [-0.25, -0.2) is 17.1 Å². The van der Waals surface area contributed by atoms with Gasteiger partial charge >= 0.3 is 0 Å². The van der Waals surface area contributed by atoms with Crippen LogP contribution >= 0.6 is 0 Å². The molecule has 1 atom stereocenters. The van der Waals surface area contributed by atoms with Gasteiger partial charge in [0.05, 0.1) is 4.90 Å². The lowest BCUT2D eigenvalue weighted by atomic mass is 10.1. The monoisotopic (exact) mass is 404 g/mol. The van der Waals surface area contributed by atoms with Gasteiger partial charge in [-0.15, -0.1) is 0 Å². The Morgan fingerprint density at radius 3 is 2.25 bits per heavy atom. The SMILES string of the molecule is CC(=O)c1ccc(NC(=O)C2CCC(=O)N2S(=O)(=O)c2ccc(F)cc2)cc1. The molecule has 2 aromatic carbocycles. The predicted molar refractivity (Wildman–Crippen MR) is 98.5 cm³/mol. The lowest BCUT2D eigenvalue weighted by Crippen LogP contribution is -2.45. The summed E-state index contributed by atoms with van der Waals surface area (Å²) in [4.78, 5) is 35.9. The van der Waals surface area contributed by atoms with E-state index < -0.39 is 33.7 Å². The summed E-state index contributed by atoms with van der Waals surface area (Å²) in [7, 11) is -4.30. The minimum Gasteiger partial charge on any atom is -0.324 e. The van der Waals surface area contributed by atoms with Crippen LogP contribution in [0.25, 0.3) is 0 Å². The fourth-order valence-electron chi connectivity index (χ4n) is 2.93. The van der Waals surface area contributed by atoms with Crippen LogP contribution in [-0.2, 0) is 19.6 Å². The first-order valence-corrected chi connectivity index (χ1v) is 9.89. The van der Waals surface area contributed by atoms with Crippen molar-refractivity contribution in [1.82, 2.24) is 4.31 Å². The molecule has 0 aliphatic carbocycles. The van der Waals surface area contributed by atoms with Gasteiger partial charge in [-0.2, -0.15) is 0 Å². The number of amides is 2. The number of benzene rings is 2. The predicted octanol–water partition coefficient (Wildman–Crippen LogP) is 2.35. The number of rotatable bonds is 5. The highest BCUT2D eigenvalue weighted by molar-refractivity contribution is 7.89. The second-order valence-electron chi connectivity index (χ2n) is 6.33. The average Bonchev–Trinajstić information content (AvgIpc) is 3.05. The summed E-state index contributed by atoms with van der Waals surface area (Å²) in [6, 6.07) is 8.93. The number of ketones is 1. The molecule has 2 amide bonds. The number of halogens is 1. The van der Waals surface area contributed by atoms with Crippen LogP contribution in [0.3, 0.4) is 0 Å². The van der Waals surface area contributed by atoms with Crippen LogP contribution in [0, 0.1) is 5.82 Å². The maximum Gasteiger partial charge on any atom is 0.267 e. The molecule has 1 aliphatic rings. The van der Waals surface area contributed by atoms with Crippen molar-refractivity contribution in [2.45, 2.75) is 30.7 Å². The van der Waals surface area contributed by atoms with E-state index in [1.807, 2.05) is 0 Å². The summed E-state index contributed by atoms with van der Waals surface area (Å²) in [6.45, 7) is 1.41. The maximum absolute atomic E-state index is 13.1. The van der Waals surface area contributed by atoms with Crippen molar-refractivity contribution in [1.29, 1.82) is 0 Å². The van der Waals surface area contributed by atoms with Gasteiger partial charge in [0.15, 0.2) is 5.78 Å². The number of carbonyl (C=O) groups is 3. The van der Waals surface area contributed by atoms with E-state index in [1.165, 1.54) is 31.2 Å². The molecule has 28 heavy (non-hydrogen) atoms. The van der Waals surface area contributed by atoms with Crippen molar-refractivity contribution in [3.63, 3.8) is 0 Å². The van der Waals surface area contributed by atoms with Crippen molar-refractivity contribution < 1.29 is 27.2 Å². The maximum atomic E-state index is 13.1. The molecule has 1 saturated heterocycles. The molecule has 9 heteroatoms. The Kier molecular flexibility index (Phi) is 5.28. The molecule has 2 aromatic rings. The summed E-state index contributed by atoms with van der Waals surface area (Å²) in [6.07, 6.45) is -0.0571. The molecule has 0 bridgehead atoms. The molecule has 146 valence electrons. The van der Waals surface area contributed by atoms with E-state index in [2.05, 4.69) is 5.32 Å². The van der Waals surface area contributed by atoms with Crippen LogP contribution in [0.2, 0.25) is 0 Å². The summed E-state index contributed by atoms with van der Waals surface area (Å²) in [5, 5.41) is 2.56. The molecule has 0 radical (unpaired) electrons. The van der Waals surface area contributed by atoms with Crippen LogP contribution < -0.4 is 5.32 Å². The normalized spacial score (nSPS) is 16.9. The van der Waals surface area contributed by atoms with Crippen molar-refractivity contribution >= 4 is 33.3 Å². The molecule has 0 saturated carbocycles. The highest BCUT2D eigenvalue weighted by Crippen LogP contribution is 2.28. The number of hydrogen-bond donors (Lipinski definition) is 1. The summed E-state index contributed by atoms with van der Waals surface area (Å²) in [5.74, 6) is -2.10. The van der Waals surface area contributed by atoms with Crippen molar-refractivity contribution in [2.75, 3.05) is 5.32 Å². The van der Waals surface area contributed by atoms with E-state index in [4.69, 9.17) is 0 Å². The fourth-order valence-corrected chi connectivity index (χ4v) is 4.54. The van der Waals surface area contributed by atoms with Gasteiger partial charge in [0.1, 0.15) is 11.9 Å². The number of carbonyl (C=O) groups excluding carboxylic acids is 3. The minimum atomic E-state index is -4.30. The smallest absolute Gasteiger partial charge is 0.267 e. The highest BCUT2D eigenvalue weighted by atomic mass is 32.2. The molecule has 7 nitrogen and oxygen atoms in total. The molecule has 1 heterocycles. The quantitative estimate of drug-likeness (QED) is 0.771. The Hall–Kier alpha value is -3.07. The number of anilines is 1. The van der Waals surface area contributed by atoms with Gasteiger partial charge in [0.2, 0.25) is 11.8 Å². The second kappa shape index (κ2) is 7.51. The second-order valence-corrected chi connectivity index (χ2v) is 8.14. The van der Waals surface area contributed by atoms with Crippen molar-refractivity contribution in [2.24, 2.45) is 0 Å². The Morgan fingerprint density at radius 2 is 1.68 bits per heavy atom. The number of sulfonamides is 1. The standard InChI is InChI=1S/C19H17FN2O5S/c1-12(23)13-2-6-15(7-3-13)21-19(25)17-10-11-18(24)22(17)28(26,27)16-8-4-14(20)5-9-16/h2-9,17H,10-11H2,1H3,(H,21,25). The molecular formula is C19H17FN2O5S. The van der Waals surface area contributed by atoms with Crippen molar-refractivity contribution in [3.05, 3.63) is 59.9 Å². The number of nitrogens with one attached hydrogen (secondary N) is 1. The van der Waals surface area contributed by atoms with E-state index in [1.54, 1.807) is 0 Å². The molecule has 1 unspecified atom stereocenters. The number of Topliss-reactive ketones (excluding diaryl/α,β-unsaturated/α-hetero) is 1. The highest BCUT2D eigenvalue weighted by Gasteiger charge is 2.44. The first-order chi connectivity index (χ1) is 13.2. The van der Waals surface area contributed by atoms with E-state index in [0.717, 1.165) is 24.3 Å². The van der Waals surface area contributed by atoms with E-state index in [9.17, 15) is 27.2 Å². The van der Waals surface area contributed by atoms with Gasteiger partial charge in [0.25, 0.3) is 10.0 Å². The van der Waals surface area contributed by atoms with E-state index in [0.29, 0.717) is 15.6 Å². The fraction of sp³-hybridized carbons (Fsp3) is 0.211. The van der Waals surface area contributed by atoms with Gasteiger partial charge in [-0.05, 0) is 61.9 Å². The van der Waals surface area contributed by atoms with Crippen LogP contribution in [0.5, 0.6) is 0 Å². The summed E-state index contributed by atoms with van der Waals surface area (Å²) in [5.41, 5.74) is 0.836. The van der Waals surface area contributed by atoms with Gasteiger partial charge in [-0.1, -0.05) is 0 Å². The van der Waals surface area contributed by atoms with E-state index in [-0.39, 0.29) is 23.5 Å². The Morgan fingerprint density at radius 1 is 1.07 bits per heavy atom. The zero-order valence-corrected chi connectivity index (χ0v) is 15.7. The molecular weight excluding hydrogens is 387 g/mol. The average molecular weight is 404 g/mol. The Balaban J connectivity index is 1.84. The van der Waals surface area contributed by atoms with Crippen molar-refractivity contribution in [3.8, 4) is 0 Å². The van der Waals surface area contributed by atoms with E-state index >= 15 is 0 Å². The zero-order chi connectivity index (χ0) is 20.5. The van der Waals surface area contributed by atoms with Gasteiger partial charge < -0.3 is 5.32 Å². The largest absolute Gasteiger partial charge is 0.324 e. The number of hydrogen-bond acceptors (Lipinski definition) is 5.